The van der Waals surface area contributed by atoms with Crippen LogP contribution >= 0.6 is 0 Å². The Morgan fingerprint density at radius 2 is 2.62 bits per heavy atom. The van der Waals surface area contributed by atoms with E-state index in [1.165, 1.54) is 0 Å². The zero-order valence-electron chi connectivity index (χ0n) is 3.79. The van der Waals surface area contributed by atoms with Crippen LogP contribution in [0.5, 0.6) is 0 Å². The van der Waals surface area contributed by atoms with Crippen molar-refractivity contribution in [3.63, 3.8) is 0 Å². The van der Waals surface area contributed by atoms with Gasteiger partial charge < -0.3 is 0 Å². The fraction of sp³-hybridized carbons (Fsp3) is 0. The Bertz CT molecular complexity index is 192. The summed E-state index contributed by atoms with van der Waals surface area (Å²) in [4.78, 5) is 3.27. The van der Waals surface area contributed by atoms with E-state index in [0.29, 0.717) is 0 Å². The number of nitrogens with one attached hydrogen (secondary N) is 2. The Balaban J connectivity index is 2.93. The van der Waals surface area contributed by atoms with Crippen molar-refractivity contribution >= 4 is 12.0 Å². The molecule has 0 aliphatic rings. The predicted octanol–water partition coefficient (Wildman–Crippen LogP) is -0.416. The molecule has 1 heterocycles. The Morgan fingerprint density at radius 1 is 1.75 bits per heavy atom. The lowest BCUT2D eigenvalue weighted by atomic mass is 11.1. The molecule has 0 aromatic carbocycles. The molecule has 8 heavy (non-hydrogen) atoms. The van der Waals surface area contributed by atoms with Gasteiger partial charge in [0.1, 0.15) is 0 Å². The van der Waals surface area contributed by atoms with Gasteiger partial charge in [0, 0.05) is 0 Å². The van der Waals surface area contributed by atoms with Crippen LogP contribution in [0.2, 0.25) is 0 Å². The standard InChI is InChI=1S/C2H2N6/c3-1-4-2-5-7-8-6-2/h3H,(H,5,6,7,8). The maximum Gasteiger partial charge on any atom is 0.298 e. The maximum absolute atomic E-state index is 6.34. The number of nitrogens with zero attached hydrogens (tertiary/aromatic N) is 4. The zero-order chi connectivity index (χ0) is 5.82. The fourth-order valence-electron chi connectivity index (χ4n) is 0.254. The first-order valence-corrected chi connectivity index (χ1v) is 1.79. The summed E-state index contributed by atoms with van der Waals surface area (Å²) in [5.41, 5.74) is 0. The average molecular weight is 110 g/mol. The van der Waals surface area contributed by atoms with E-state index in [-0.39, 0.29) is 5.95 Å². The van der Waals surface area contributed by atoms with Crippen LogP contribution in [0.4, 0.5) is 5.95 Å². The van der Waals surface area contributed by atoms with Gasteiger partial charge in [0.2, 0.25) is 0 Å². The van der Waals surface area contributed by atoms with E-state index in [1.807, 2.05) is 0 Å². The quantitative estimate of drug-likeness (QED) is 0.481. The summed E-state index contributed by atoms with van der Waals surface area (Å²) in [6.07, 6.45) is 0. The van der Waals surface area contributed by atoms with Gasteiger partial charge in [-0.05, 0) is 5.21 Å². The summed E-state index contributed by atoms with van der Waals surface area (Å²) in [5.74, 6) is 0.125. The Hall–Kier alpha value is -1.55. The number of rotatable bonds is 1. The van der Waals surface area contributed by atoms with Crippen molar-refractivity contribution in [1.82, 2.24) is 20.6 Å². The molecule has 0 amide bonds. The van der Waals surface area contributed by atoms with Crippen LogP contribution in [0.1, 0.15) is 0 Å². The lowest BCUT2D eigenvalue weighted by Gasteiger charge is -1.64. The van der Waals surface area contributed by atoms with E-state index < -0.39 is 0 Å². The number of hydrogen-bond donors (Lipinski definition) is 2. The molecule has 0 saturated carbocycles. The summed E-state index contributed by atoms with van der Waals surface area (Å²) >= 11 is 0. The van der Waals surface area contributed by atoms with Crippen LogP contribution < -0.4 is 0 Å². The molecule has 0 atom stereocenters. The number of aliphatic imine (C=N–C) groups is 1. The van der Waals surface area contributed by atoms with Gasteiger partial charge in [-0.2, -0.15) is 5.21 Å². The monoisotopic (exact) mass is 110 g/mol. The Kier molecular flexibility index (Phi) is 1.12. The number of hydrogen-bond acceptors (Lipinski definition) is 5. The third-order valence-corrected chi connectivity index (χ3v) is 0.490. The molecule has 6 nitrogen and oxygen atoms in total. The smallest absolute Gasteiger partial charge is 0.241 e. The van der Waals surface area contributed by atoms with Gasteiger partial charge in [-0.15, -0.1) is 10.1 Å². The molecule has 0 bridgehead atoms. The summed E-state index contributed by atoms with van der Waals surface area (Å²) in [5, 5.41) is 18.5. The maximum atomic E-state index is 6.34. The highest BCUT2D eigenvalue weighted by Crippen LogP contribution is 1.91. The number of tetrazole rings is 1. The fourth-order valence-corrected chi connectivity index (χ4v) is 0.254. The van der Waals surface area contributed by atoms with Crippen LogP contribution in [0.25, 0.3) is 0 Å². The van der Waals surface area contributed by atoms with Crippen molar-refractivity contribution in [2.45, 2.75) is 0 Å². The topological polar surface area (TPSA) is 90.7 Å². The molecule has 0 aliphatic heterocycles. The molecule has 2 N–H and O–H groups in total. The first-order valence-electron chi connectivity index (χ1n) is 1.79. The van der Waals surface area contributed by atoms with Crippen molar-refractivity contribution in [3.05, 3.63) is 0 Å². The lowest BCUT2D eigenvalue weighted by molar-refractivity contribution is 0.881. The van der Waals surface area contributed by atoms with E-state index in [9.17, 15) is 0 Å². The van der Waals surface area contributed by atoms with E-state index in [1.54, 1.807) is 6.01 Å². The van der Waals surface area contributed by atoms with Gasteiger partial charge in [-0.3, -0.25) is 0 Å². The first-order chi connectivity index (χ1) is 3.93. The zero-order valence-corrected chi connectivity index (χ0v) is 3.79. The molecular formula is C2H2N6. The first kappa shape index (κ1) is 4.61. The molecule has 1 aromatic rings. The highest BCUT2D eigenvalue weighted by Gasteiger charge is 1.86. The molecule has 0 fully saturated rings. The molecular weight excluding hydrogens is 108 g/mol. The second-order valence-corrected chi connectivity index (χ2v) is 0.935. The van der Waals surface area contributed by atoms with Crippen LogP contribution in [-0.4, -0.2) is 26.6 Å². The number of H-pyrrole nitrogens is 1. The van der Waals surface area contributed by atoms with Crippen molar-refractivity contribution in [3.8, 4) is 0 Å². The summed E-state index contributed by atoms with van der Waals surface area (Å²) in [6, 6.07) is 1.76. The third-order valence-electron chi connectivity index (χ3n) is 0.490. The van der Waals surface area contributed by atoms with Crippen molar-refractivity contribution in [1.29, 1.82) is 5.41 Å². The van der Waals surface area contributed by atoms with Gasteiger partial charge in [0.25, 0.3) is 5.95 Å². The van der Waals surface area contributed by atoms with Crippen LogP contribution in [0.15, 0.2) is 4.99 Å². The van der Waals surface area contributed by atoms with Crippen molar-refractivity contribution < 1.29 is 0 Å². The molecule has 6 heteroatoms. The molecule has 1 rings (SSSR count). The minimum absolute atomic E-state index is 0.125. The molecule has 0 saturated heterocycles. The molecule has 0 radical (unpaired) electrons. The highest BCUT2D eigenvalue weighted by molar-refractivity contribution is 5.41. The Labute approximate surface area is 44.2 Å². The summed E-state index contributed by atoms with van der Waals surface area (Å²) in [6.45, 7) is 0. The van der Waals surface area contributed by atoms with Gasteiger partial charge in [0.15, 0.2) is 0 Å². The number of aromatic amines is 1. The second-order valence-electron chi connectivity index (χ2n) is 0.935. The molecule has 1 aromatic heterocycles. The van der Waals surface area contributed by atoms with Gasteiger partial charge in [0.05, 0.1) is 6.01 Å². The summed E-state index contributed by atoms with van der Waals surface area (Å²) in [7, 11) is 0. The minimum atomic E-state index is 0.125. The predicted molar refractivity (Wildman–Crippen MR) is 24.0 cm³/mol. The third kappa shape index (κ3) is 0.742. The normalized spacial score (nSPS) is 8.00. The second kappa shape index (κ2) is 1.94. The van der Waals surface area contributed by atoms with Crippen molar-refractivity contribution in [2.24, 2.45) is 4.99 Å². The van der Waals surface area contributed by atoms with E-state index in [4.69, 9.17) is 5.41 Å². The Morgan fingerprint density at radius 3 is 3.12 bits per heavy atom. The summed E-state index contributed by atoms with van der Waals surface area (Å²) < 4.78 is 0. The van der Waals surface area contributed by atoms with Gasteiger partial charge in [-0.1, -0.05) is 5.10 Å². The van der Waals surface area contributed by atoms with E-state index in [2.05, 4.69) is 25.6 Å². The average Bonchev–Trinajstić information content (AvgIpc) is 2.19. The largest absolute Gasteiger partial charge is 0.298 e. The van der Waals surface area contributed by atoms with E-state index in [0.717, 1.165) is 0 Å². The molecule has 0 spiro atoms. The number of aromatic nitrogens is 4. The van der Waals surface area contributed by atoms with E-state index >= 15 is 0 Å². The lowest BCUT2D eigenvalue weighted by Crippen LogP contribution is -1.64. The van der Waals surface area contributed by atoms with Crippen LogP contribution in [0.3, 0.4) is 0 Å². The molecule has 0 unspecified atom stereocenters. The van der Waals surface area contributed by atoms with Crippen LogP contribution in [-0.2, 0) is 0 Å². The highest BCUT2D eigenvalue weighted by atomic mass is 15.5. The van der Waals surface area contributed by atoms with Gasteiger partial charge >= 0.3 is 0 Å². The molecule has 0 aliphatic carbocycles. The molecule has 40 valence electrons. The van der Waals surface area contributed by atoms with Crippen molar-refractivity contribution in [2.75, 3.05) is 0 Å². The SMILES string of the molecule is N=C=Nc1nn[nH]n1. The van der Waals surface area contributed by atoms with Gasteiger partial charge in [-0.25, -0.2) is 5.41 Å². The van der Waals surface area contributed by atoms with Crippen LogP contribution in [0, 0.1) is 5.41 Å². The minimum Gasteiger partial charge on any atom is -0.241 e.